The fourth-order valence-electron chi connectivity index (χ4n) is 10.6. The number of rotatable bonds is 2. The Morgan fingerprint density at radius 1 is 0.459 bits per heavy atom. The number of hydrogen-bond acceptors (Lipinski definition) is 0. The van der Waals surface area contributed by atoms with E-state index in [0.29, 0.717) is 23.7 Å². The molecule has 0 aliphatic heterocycles. The predicted octanol–water partition coefficient (Wildman–Crippen LogP) is 8.78. The second-order valence-corrected chi connectivity index (χ2v) is 12.0. The van der Waals surface area contributed by atoms with Crippen LogP contribution in [0.3, 0.4) is 0 Å². The van der Waals surface area contributed by atoms with Crippen molar-refractivity contribution in [3.8, 4) is 0 Å². The molecule has 0 spiro atoms. The Hall–Kier alpha value is -3.45. The molecule has 4 atom stereocenters. The van der Waals surface area contributed by atoms with E-state index in [4.69, 9.17) is 0 Å². The zero-order valence-electron chi connectivity index (χ0n) is 20.8. The quantitative estimate of drug-likeness (QED) is 0.222. The van der Waals surface area contributed by atoms with E-state index in [-0.39, 0.29) is 16.6 Å². The van der Waals surface area contributed by atoms with Gasteiger partial charge in [0.15, 0.2) is 0 Å². The molecule has 1 heteroatoms. The minimum atomic E-state index is -0.122. The van der Waals surface area contributed by atoms with Gasteiger partial charge in [0.1, 0.15) is 5.82 Å². The Morgan fingerprint density at radius 2 is 0.919 bits per heavy atom. The first-order valence-electron chi connectivity index (χ1n) is 14.0. The molecule has 3 saturated carbocycles. The van der Waals surface area contributed by atoms with Gasteiger partial charge in [0, 0.05) is 16.2 Å². The van der Waals surface area contributed by atoms with E-state index < -0.39 is 0 Å². The molecule has 10 rings (SSSR count). The summed E-state index contributed by atoms with van der Waals surface area (Å²) in [6.45, 7) is 0. The van der Waals surface area contributed by atoms with Gasteiger partial charge in [-0.25, -0.2) is 4.39 Å². The highest BCUT2D eigenvalue weighted by Crippen LogP contribution is 2.80. The summed E-state index contributed by atoms with van der Waals surface area (Å²) in [5.74, 6) is 2.18. The van der Waals surface area contributed by atoms with Gasteiger partial charge in [0.25, 0.3) is 0 Å². The minimum Gasteiger partial charge on any atom is -0.206 e. The maximum Gasteiger partial charge on any atom is 0.131 e. The van der Waals surface area contributed by atoms with Crippen LogP contribution in [-0.4, -0.2) is 0 Å². The molecule has 0 N–H and O–H groups in total. The summed E-state index contributed by atoms with van der Waals surface area (Å²) in [7, 11) is 0. The van der Waals surface area contributed by atoms with Crippen LogP contribution in [0.1, 0.15) is 47.9 Å². The average molecular weight is 481 g/mol. The molecule has 0 heterocycles. The Morgan fingerprint density at radius 3 is 1.49 bits per heavy atom. The van der Waals surface area contributed by atoms with Crippen molar-refractivity contribution in [1.82, 2.24) is 0 Å². The minimum absolute atomic E-state index is 0.0466. The summed E-state index contributed by atoms with van der Waals surface area (Å²) in [4.78, 5) is 0. The topological polar surface area (TPSA) is 0 Å². The van der Waals surface area contributed by atoms with Crippen LogP contribution in [-0.2, 0) is 10.8 Å². The van der Waals surface area contributed by atoms with Crippen molar-refractivity contribution < 1.29 is 4.39 Å². The van der Waals surface area contributed by atoms with E-state index in [0.717, 1.165) is 10.8 Å². The van der Waals surface area contributed by atoms with Crippen LogP contribution < -0.4 is 0 Å². The second-order valence-electron chi connectivity index (χ2n) is 12.0. The molecule has 0 radical (unpaired) electrons. The Kier molecular flexibility index (Phi) is 3.84. The van der Waals surface area contributed by atoms with Crippen molar-refractivity contribution in [1.29, 1.82) is 0 Å². The van der Waals surface area contributed by atoms with E-state index in [9.17, 15) is 0 Å². The summed E-state index contributed by atoms with van der Waals surface area (Å²) in [6.07, 6.45) is 5.05. The van der Waals surface area contributed by atoms with Crippen LogP contribution in [0.5, 0.6) is 0 Å². The lowest BCUT2D eigenvalue weighted by atomic mass is 9.38. The Labute approximate surface area is 217 Å². The number of fused-ring (bicyclic) bond motifs is 3. The number of halogens is 1. The van der Waals surface area contributed by atoms with Crippen LogP contribution in [0.2, 0.25) is 0 Å². The first-order chi connectivity index (χ1) is 18.3. The highest BCUT2D eigenvalue weighted by atomic mass is 19.1. The third-order valence-corrected chi connectivity index (χ3v) is 11.2. The molecule has 5 aliphatic carbocycles. The van der Waals surface area contributed by atoms with Crippen LogP contribution in [0.15, 0.2) is 103 Å². The van der Waals surface area contributed by atoms with Crippen molar-refractivity contribution >= 4 is 21.5 Å². The monoisotopic (exact) mass is 480 g/mol. The van der Waals surface area contributed by atoms with Gasteiger partial charge in [0.2, 0.25) is 0 Å². The molecular formula is C36H29F. The van der Waals surface area contributed by atoms with Crippen LogP contribution in [0, 0.1) is 29.5 Å². The Bertz CT molecular complexity index is 1700. The van der Waals surface area contributed by atoms with Crippen molar-refractivity contribution in [3.05, 3.63) is 131 Å². The summed E-state index contributed by atoms with van der Waals surface area (Å²) < 4.78 is 16.3. The molecule has 0 aromatic heterocycles. The van der Waals surface area contributed by atoms with Crippen molar-refractivity contribution in [2.75, 3.05) is 0 Å². The predicted molar refractivity (Wildman–Crippen MR) is 148 cm³/mol. The standard InChI is InChI=1S/C36H29F/c37-31-17-9-16-25-24-14-7-8-15-26(24)33-34(32(25)31)36(23-12-5-2-6-13-23)29-20-21-30(36)28-19-18-27(29)35(28,33)22-10-3-1-4-11-22/h1-17,27-30H,18-21H2. The zero-order chi connectivity index (χ0) is 24.4. The molecule has 5 aliphatic rings. The zero-order valence-corrected chi connectivity index (χ0v) is 20.8. The lowest BCUT2D eigenvalue weighted by molar-refractivity contribution is 0.0389. The summed E-state index contributed by atoms with van der Waals surface area (Å²) in [5.41, 5.74) is 5.50. The molecule has 6 bridgehead atoms. The SMILES string of the molecule is Fc1cccc2c1c1c(c3ccccc32)C2(c3ccccc3)C3CCC2C2CCC3C12c1ccccc1. The van der Waals surface area contributed by atoms with Gasteiger partial charge in [0.05, 0.1) is 0 Å². The first-order valence-corrected chi connectivity index (χ1v) is 14.0. The molecule has 37 heavy (non-hydrogen) atoms. The molecule has 0 amide bonds. The second kappa shape index (κ2) is 6.90. The van der Waals surface area contributed by atoms with Gasteiger partial charge in [-0.3, -0.25) is 0 Å². The largest absolute Gasteiger partial charge is 0.206 e. The highest BCUT2D eigenvalue weighted by molar-refractivity contribution is 6.12. The fraction of sp³-hybridized carbons (Fsp3) is 0.278. The van der Waals surface area contributed by atoms with E-state index >= 15 is 4.39 Å². The van der Waals surface area contributed by atoms with Gasteiger partial charge >= 0.3 is 0 Å². The summed E-state index contributed by atoms with van der Waals surface area (Å²) in [5, 5.41) is 4.51. The van der Waals surface area contributed by atoms with E-state index in [1.54, 1.807) is 6.07 Å². The maximum atomic E-state index is 16.3. The molecular weight excluding hydrogens is 451 g/mol. The normalized spacial score (nSPS) is 32.8. The lowest BCUT2D eigenvalue weighted by Crippen LogP contribution is -2.62. The van der Waals surface area contributed by atoms with Crippen LogP contribution in [0.25, 0.3) is 21.5 Å². The van der Waals surface area contributed by atoms with Gasteiger partial charge in [-0.15, -0.1) is 0 Å². The molecule has 180 valence electrons. The highest BCUT2D eigenvalue weighted by Gasteiger charge is 2.76. The van der Waals surface area contributed by atoms with E-state index in [2.05, 4.69) is 91.0 Å². The fourth-order valence-corrected chi connectivity index (χ4v) is 10.6. The maximum absolute atomic E-state index is 16.3. The van der Waals surface area contributed by atoms with Gasteiger partial charge in [-0.05, 0) is 93.8 Å². The van der Waals surface area contributed by atoms with E-state index in [1.807, 2.05) is 6.07 Å². The molecule has 0 nitrogen and oxygen atoms in total. The molecule has 5 aromatic carbocycles. The third-order valence-electron chi connectivity index (χ3n) is 11.2. The Balaban J connectivity index is 1.59. The van der Waals surface area contributed by atoms with Crippen molar-refractivity contribution in [2.45, 2.75) is 36.5 Å². The van der Waals surface area contributed by atoms with E-state index in [1.165, 1.54) is 58.7 Å². The van der Waals surface area contributed by atoms with Crippen molar-refractivity contribution in [2.24, 2.45) is 23.7 Å². The molecule has 5 aromatic rings. The smallest absolute Gasteiger partial charge is 0.131 e. The number of benzene rings is 5. The van der Waals surface area contributed by atoms with Gasteiger partial charge in [-0.1, -0.05) is 97.1 Å². The average Bonchev–Trinajstić information content (AvgIpc) is 3.47. The third kappa shape index (κ3) is 2.13. The van der Waals surface area contributed by atoms with Crippen LogP contribution in [0.4, 0.5) is 4.39 Å². The van der Waals surface area contributed by atoms with Gasteiger partial charge in [-0.2, -0.15) is 0 Å². The summed E-state index contributed by atoms with van der Waals surface area (Å²) >= 11 is 0. The molecule has 4 unspecified atom stereocenters. The number of hydrogen-bond donors (Lipinski definition) is 0. The molecule has 3 fully saturated rings. The van der Waals surface area contributed by atoms with Crippen molar-refractivity contribution in [3.63, 3.8) is 0 Å². The van der Waals surface area contributed by atoms with Crippen LogP contribution >= 0.6 is 0 Å². The summed E-state index contributed by atoms with van der Waals surface area (Å²) in [6, 6.07) is 37.3. The first kappa shape index (κ1) is 20.6. The lowest BCUT2D eigenvalue weighted by Gasteiger charge is -2.64. The molecule has 0 saturated heterocycles. The van der Waals surface area contributed by atoms with Gasteiger partial charge < -0.3 is 0 Å².